The highest BCUT2D eigenvalue weighted by molar-refractivity contribution is 5.87. The third-order valence-electron chi connectivity index (χ3n) is 2.86. The quantitative estimate of drug-likeness (QED) is 0.770. The normalized spacial score (nSPS) is 15.4. The summed E-state index contributed by atoms with van der Waals surface area (Å²) in [5, 5.41) is 3.30. The molecule has 82 valence electrons. The molecule has 0 aliphatic carbocycles. The molecule has 0 aromatic heterocycles. The van der Waals surface area contributed by atoms with Crippen molar-refractivity contribution in [3.63, 3.8) is 0 Å². The third-order valence-corrected chi connectivity index (χ3v) is 2.86. The van der Waals surface area contributed by atoms with Gasteiger partial charge in [-0.1, -0.05) is 54.6 Å². The van der Waals surface area contributed by atoms with Crippen molar-refractivity contribution in [1.82, 2.24) is 5.32 Å². The van der Waals surface area contributed by atoms with Crippen molar-refractivity contribution in [1.29, 1.82) is 0 Å². The Morgan fingerprint density at radius 2 is 1.59 bits per heavy atom. The lowest BCUT2D eigenvalue weighted by atomic mass is 10.0. The molecule has 1 heterocycles. The average Bonchev–Trinajstić information content (AvgIpc) is 2.40. The van der Waals surface area contributed by atoms with Gasteiger partial charge in [-0.05, 0) is 23.3 Å². The first-order valence-corrected chi connectivity index (χ1v) is 5.73. The SMILES string of the molecule is C1=Cc2ccccc2C(=Cc2ccccc2)N1. The van der Waals surface area contributed by atoms with Gasteiger partial charge in [0.2, 0.25) is 0 Å². The highest BCUT2D eigenvalue weighted by Gasteiger charge is 2.07. The largest absolute Gasteiger partial charge is 0.361 e. The number of benzene rings is 2. The summed E-state index contributed by atoms with van der Waals surface area (Å²) in [6.45, 7) is 0. The molecule has 0 atom stereocenters. The van der Waals surface area contributed by atoms with Crippen LogP contribution in [0.2, 0.25) is 0 Å². The first-order valence-electron chi connectivity index (χ1n) is 5.73. The molecule has 0 amide bonds. The lowest BCUT2D eigenvalue weighted by molar-refractivity contribution is 1.21. The van der Waals surface area contributed by atoms with Gasteiger partial charge in [-0.25, -0.2) is 0 Å². The van der Waals surface area contributed by atoms with E-state index in [1.54, 1.807) is 0 Å². The zero-order chi connectivity index (χ0) is 11.5. The monoisotopic (exact) mass is 219 g/mol. The van der Waals surface area contributed by atoms with Gasteiger partial charge in [0.15, 0.2) is 0 Å². The van der Waals surface area contributed by atoms with Crippen molar-refractivity contribution < 1.29 is 0 Å². The van der Waals surface area contributed by atoms with Gasteiger partial charge in [-0.3, -0.25) is 0 Å². The summed E-state index contributed by atoms with van der Waals surface area (Å²) in [7, 11) is 0. The summed E-state index contributed by atoms with van der Waals surface area (Å²) in [5.74, 6) is 0. The van der Waals surface area contributed by atoms with Crippen LogP contribution in [0.25, 0.3) is 17.8 Å². The van der Waals surface area contributed by atoms with Gasteiger partial charge in [0, 0.05) is 17.5 Å². The van der Waals surface area contributed by atoms with E-state index < -0.39 is 0 Å². The Labute approximate surface area is 101 Å². The minimum atomic E-state index is 1.15. The minimum absolute atomic E-state index is 1.15. The van der Waals surface area contributed by atoms with Gasteiger partial charge in [-0.15, -0.1) is 0 Å². The fraction of sp³-hybridized carbons (Fsp3) is 0. The Bertz CT molecular complexity index is 579. The summed E-state index contributed by atoms with van der Waals surface area (Å²) in [4.78, 5) is 0. The number of hydrogen-bond donors (Lipinski definition) is 1. The third kappa shape index (κ3) is 2.00. The molecule has 2 aromatic rings. The summed E-state index contributed by atoms with van der Waals surface area (Å²) in [6.07, 6.45) is 6.25. The van der Waals surface area contributed by atoms with Crippen molar-refractivity contribution in [2.24, 2.45) is 0 Å². The summed E-state index contributed by atoms with van der Waals surface area (Å²) < 4.78 is 0. The highest BCUT2D eigenvalue weighted by atomic mass is 14.9. The molecule has 0 bridgehead atoms. The van der Waals surface area contributed by atoms with Crippen LogP contribution in [0.15, 0.2) is 60.8 Å². The Kier molecular flexibility index (Phi) is 2.51. The molecule has 0 saturated heterocycles. The predicted molar refractivity (Wildman–Crippen MR) is 72.9 cm³/mol. The first kappa shape index (κ1) is 9.91. The van der Waals surface area contributed by atoms with Crippen molar-refractivity contribution in [3.05, 3.63) is 77.5 Å². The Morgan fingerprint density at radius 1 is 0.824 bits per heavy atom. The molecular weight excluding hydrogens is 206 g/mol. The van der Waals surface area contributed by atoms with E-state index in [4.69, 9.17) is 0 Å². The molecule has 0 radical (unpaired) electrons. The van der Waals surface area contributed by atoms with Crippen molar-refractivity contribution in [2.75, 3.05) is 0 Å². The smallest absolute Gasteiger partial charge is 0.0465 e. The van der Waals surface area contributed by atoms with Gasteiger partial charge in [0.25, 0.3) is 0 Å². The van der Waals surface area contributed by atoms with Crippen LogP contribution < -0.4 is 5.32 Å². The average molecular weight is 219 g/mol. The fourth-order valence-corrected chi connectivity index (χ4v) is 2.02. The summed E-state index contributed by atoms with van der Waals surface area (Å²) in [6, 6.07) is 18.8. The minimum Gasteiger partial charge on any atom is -0.361 e. The van der Waals surface area contributed by atoms with Crippen LogP contribution in [0.5, 0.6) is 0 Å². The molecule has 3 rings (SSSR count). The van der Waals surface area contributed by atoms with Crippen molar-refractivity contribution in [3.8, 4) is 0 Å². The van der Waals surface area contributed by atoms with Crippen LogP contribution >= 0.6 is 0 Å². The predicted octanol–water partition coefficient (Wildman–Crippen LogP) is 3.76. The molecule has 1 nitrogen and oxygen atoms in total. The van der Waals surface area contributed by atoms with Crippen LogP contribution in [-0.4, -0.2) is 0 Å². The fourth-order valence-electron chi connectivity index (χ4n) is 2.02. The van der Waals surface area contributed by atoms with E-state index >= 15 is 0 Å². The number of hydrogen-bond acceptors (Lipinski definition) is 1. The van der Waals surface area contributed by atoms with Gasteiger partial charge < -0.3 is 5.32 Å². The van der Waals surface area contributed by atoms with Crippen LogP contribution in [0.1, 0.15) is 16.7 Å². The molecule has 1 aliphatic heterocycles. The molecule has 1 heteroatoms. The van der Waals surface area contributed by atoms with E-state index in [1.165, 1.54) is 16.7 Å². The molecule has 2 aromatic carbocycles. The second-order valence-corrected chi connectivity index (χ2v) is 4.03. The van der Waals surface area contributed by atoms with Crippen molar-refractivity contribution >= 4 is 17.8 Å². The maximum atomic E-state index is 3.30. The highest BCUT2D eigenvalue weighted by Crippen LogP contribution is 2.23. The standard InChI is InChI=1S/C16H13N/c1-2-6-13(7-3-1)12-16-15-9-5-4-8-14(15)10-11-17-16/h1-12,17H. The van der Waals surface area contributed by atoms with E-state index in [0.717, 1.165) is 5.70 Å². The molecule has 1 N–H and O–H groups in total. The molecule has 0 fully saturated rings. The molecule has 0 spiro atoms. The molecule has 0 unspecified atom stereocenters. The zero-order valence-corrected chi connectivity index (χ0v) is 9.43. The van der Waals surface area contributed by atoms with Gasteiger partial charge >= 0.3 is 0 Å². The second kappa shape index (κ2) is 4.30. The summed E-state index contributed by atoms with van der Waals surface area (Å²) in [5.41, 5.74) is 4.86. The maximum absolute atomic E-state index is 3.30. The second-order valence-electron chi connectivity index (χ2n) is 4.03. The van der Waals surface area contributed by atoms with E-state index in [2.05, 4.69) is 66.0 Å². The first-order chi connectivity index (χ1) is 8.43. The number of nitrogens with one attached hydrogen (secondary N) is 1. The van der Waals surface area contributed by atoms with E-state index in [-0.39, 0.29) is 0 Å². The van der Waals surface area contributed by atoms with Gasteiger partial charge in [0.05, 0.1) is 0 Å². The van der Waals surface area contributed by atoms with Gasteiger partial charge in [0.1, 0.15) is 0 Å². The lowest BCUT2D eigenvalue weighted by Gasteiger charge is -2.15. The summed E-state index contributed by atoms with van der Waals surface area (Å²) >= 11 is 0. The molecular formula is C16H13N. The maximum Gasteiger partial charge on any atom is 0.0465 e. The number of fused-ring (bicyclic) bond motifs is 1. The van der Waals surface area contributed by atoms with Crippen molar-refractivity contribution in [2.45, 2.75) is 0 Å². The molecule has 17 heavy (non-hydrogen) atoms. The molecule has 1 aliphatic rings. The number of rotatable bonds is 1. The van der Waals surface area contributed by atoms with E-state index in [0.29, 0.717) is 0 Å². The zero-order valence-electron chi connectivity index (χ0n) is 9.43. The van der Waals surface area contributed by atoms with E-state index in [9.17, 15) is 0 Å². The Hall–Kier alpha value is -2.28. The van der Waals surface area contributed by atoms with Crippen LogP contribution in [-0.2, 0) is 0 Å². The topological polar surface area (TPSA) is 12.0 Å². The van der Waals surface area contributed by atoms with Crippen LogP contribution in [0.3, 0.4) is 0 Å². The van der Waals surface area contributed by atoms with E-state index in [1.807, 2.05) is 12.3 Å². The Morgan fingerprint density at radius 3 is 2.47 bits per heavy atom. The lowest BCUT2D eigenvalue weighted by Crippen LogP contribution is -2.08. The van der Waals surface area contributed by atoms with Crippen LogP contribution in [0.4, 0.5) is 0 Å². The van der Waals surface area contributed by atoms with Crippen LogP contribution in [0, 0.1) is 0 Å². The van der Waals surface area contributed by atoms with Gasteiger partial charge in [-0.2, -0.15) is 0 Å². The Balaban J connectivity index is 2.06. The molecule has 0 saturated carbocycles.